The van der Waals surface area contributed by atoms with Crippen molar-refractivity contribution in [3.05, 3.63) is 12.7 Å². The Bertz CT molecular complexity index is 227. The van der Waals surface area contributed by atoms with Crippen LogP contribution < -0.4 is 5.32 Å². The monoisotopic (exact) mass is 197 g/mol. The number of hydrogen-bond donors (Lipinski definition) is 1. The second kappa shape index (κ2) is 4.60. The van der Waals surface area contributed by atoms with Crippen LogP contribution in [0.25, 0.3) is 0 Å². The van der Waals surface area contributed by atoms with Crippen LogP contribution in [0.4, 0.5) is 0 Å². The lowest BCUT2D eigenvalue weighted by Gasteiger charge is -2.31. The molecule has 1 saturated carbocycles. The van der Waals surface area contributed by atoms with E-state index in [0.29, 0.717) is 12.5 Å². The second-order valence-electron chi connectivity index (χ2n) is 3.93. The van der Waals surface area contributed by atoms with E-state index in [-0.39, 0.29) is 5.97 Å². The highest BCUT2D eigenvalue weighted by Crippen LogP contribution is 2.36. The average molecular weight is 197 g/mol. The number of rotatable bonds is 4. The molecule has 0 aromatic heterocycles. The molecular weight excluding hydrogens is 178 g/mol. The van der Waals surface area contributed by atoms with E-state index >= 15 is 0 Å². The molecule has 14 heavy (non-hydrogen) atoms. The summed E-state index contributed by atoms with van der Waals surface area (Å²) in [5.74, 6) is 0.208. The summed E-state index contributed by atoms with van der Waals surface area (Å²) < 4.78 is 4.87. The summed E-state index contributed by atoms with van der Waals surface area (Å²) in [5.41, 5.74) is -0.469. The highest BCUT2D eigenvalue weighted by atomic mass is 16.5. The molecule has 1 fully saturated rings. The quantitative estimate of drug-likeness (QED) is 0.548. The van der Waals surface area contributed by atoms with Crippen molar-refractivity contribution in [2.24, 2.45) is 5.92 Å². The van der Waals surface area contributed by atoms with Gasteiger partial charge in [0.05, 0.1) is 7.11 Å². The molecule has 3 heteroatoms. The van der Waals surface area contributed by atoms with Crippen molar-refractivity contribution in [3.8, 4) is 0 Å². The smallest absolute Gasteiger partial charge is 0.326 e. The van der Waals surface area contributed by atoms with Crippen molar-refractivity contribution in [1.29, 1.82) is 0 Å². The maximum Gasteiger partial charge on any atom is 0.326 e. The van der Waals surface area contributed by atoms with Crippen LogP contribution >= 0.6 is 0 Å². The van der Waals surface area contributed by atoms with E-state index in [0.717, 1.165) is 19.3 Å². The first-order chi connectivity index (χ1) is 6.67. The van der Waals surface area contributed by atoms with Gasteiger partial charge in [-0.15, -0.1) is 6.58 Å². The zero-order valence-corrected chi connectivity index (χ0v) is 9.01. The van der Waals surface area contributed by atoms with Crippen molar-refractivity contribution in [3.63, 3.8) is 0 Å². The fraction of sp³-hybridized carbons (Fsp3) is 0.727. The summed E-state index contributed by atoms with van der Waals surface area (Å²) in [6.45, 7) is 6.40. The van der Waals surface area contributed by atoms with Crippen LogP contribution in [0.3, 0.4) is 0 Å². The predicted octanol–water partition coefficient (Wildman–Crippen LogP) is 1.49. The second-order valence-corrected chi connectivity index (χ2v) is 3.93. The van der Waals surface area contributed by atoms with Crippen LogP contribution in [0.2, 0.25) is 0 Å². The van der Waals surface area contributed by atoms with Gasteiger partial charge in [-0.25, -0.2) is 0 Å². The first-order valence-electron chi connectivity index (χ1n) is 5.11. The molecule has 1 aliphatic rings. The Labute approximate surface area is 85.5 Å². The van der Waals surface area contributed by atoms with E-state index in [1.54, 1.807) is 6.08 Å². The summed E-state index contributed by atoms with van der Waals surface area (Å²) in [5, 5.41) is 3.25. The lowest BCUT2D eigenvalue weighted by atomic mass is 9.88. The van der Waals surface area contributed by atoms with Crippen molar-refractivity contribution >= 4 is 5.97 Å². The molecule has 0 aliphatic heterocycles. The Morgan fingerprint density at radius 2 is 2.50 bits per heavy atom. The number of hydrogen-bond acceptors (Lipinski definition) is 3. The Balaban J connectivity index is 2.77. The normalized spacial score (nSPS) is 31.4. The molecule has 3 nitrogen and oxygen atoms in total. The third kappa shape index (κ3) is 1.82. The largest absolute Gasteiger partial charge is 0.468 e. The van der Waals surface area contributed by atoms with Gasteiger partial charge in [0.15, 0.2) is 0 Å². The molecular formula is C11H19NO2. The van der Waals surface area contributed by atoms with E-state index in [9.17, 15) is 4.79 Å². The Kier molecular flexibility index (Phi) is 3.69. The molecule has 1 N–H and O–H groups in total. The van der Waals surface area contributed by atoms with Gasteiger partial charge in [0.2, 0.25) is 0 Å². The van der Waals surface area contributed by atoms with Gasteiger partial charge in [-0.2, -0.15) is 0 Å². The Morgan fingerprint density at radius 3 is 2.93 bits per heavy atom. The van der Waals surface area contributed by atoms with Gasteiger partial charge < -0.3 is 4.74 Å². The van der Waals surface area contributed by atoms with E-state index in [4.69, 9.17) is 4.74 Å². The first kappa shape index (κ1) is 11.2. The summed E-state index contributed by atoms with van der Waals surface area (Å²) >= 11 is 0. The van der Waals surface area contributed by atoms with E-state index in [1.165, 1.54) is 7.11 Å². The number of methoxy groups -OCH3 is 1. The summed E-state index contributed by atoms with van der Waals surface area (Å²) in [4.78, 5) is 11.7. The van der Waals surface area contributed by atoms with Crippen LogP contribution in [0.5, 0.6) is 0 Å². The van der Waals surface area contributed by atoms with Gasteiger partial charge in [0.25, 0.3) is 0 Å². The molecule has 0 amide bonds. The van der Waals surface area contributed by atoms with Crippen LogP contribution in [0.15, 0.2) is 12.7 Å². The molecule has 0 radical (unpaired) electrons. The molecule has 0 bridgehead atoms. The van der Waals surface area contributed by atoms with Gasteiger partial charge in [-0.3, -0.25) is 10.1 Å². The minimum Gasteiger partial charge on any atom is -0.468 e. The standard InChI is InChI=1S/C11H19NO2/c1-4-8-12-11(10(13)14-3)7-5-6-9(11)2/h4,9,12H,1,5-8H2,2-3H3. The molecule has 0 aromatic rings. The predicted molar refractivity (Wildman–Crippen MR) is 56.0 cm³/mol. The Morgan fingerprint density at radius 1 is 1.79 bits per heavy atom. The molecule has 80 valence electrons. The van der Waals surface area contributed by atoms with Gasteiger partial charge in [-0.05, 0) is 18.8 Å². The van der Waals surface area contributed by atoms with Gasteiger partial charge in [-0.1, -0.05) is 19.4 Å². The third-order valence-corrected chi connectivity index (χ3v) is 3.16. The fourth-order valence-electron chi connectivity index (χ4n) is 2.25. The lowest BCUT2D eigenvalue weighted by Crippen LogP contribution is -2.54. The van der Waals surface area contributed by atoms with Crippen molar-refractivity contribution in [1.82, 2.24) is 5.32 Å². The van der Waals surface area contributed by atoms with E-state index in [2.05, 4.69) is 18.8 Å². The van der Waals surface area contributed by atoms with Crippen molar-refractivity contribution in [2.45, 2.75) is 31.7 Å². The number of carbonyl (C=O) groups is 1. The minimum absolute atomic E-state index is 0.135. The van der Waals surface area contributed by atoms with Crippen LogP contribution in [0.1, 0.15) is 26.2 Å². The van der Waals surface area contributed by atoms with E-state index < -0.39 is 5.54 Å². The molecule has 1 rings (SSSR count). The SMILES string of the molecule is C=CCNC1(C(=O)OC)CCCC1C. The molecule has 0 spiro atoms. The Hall–Kier alpha value is -0.830. The van der Waals surface area contributed by atoms with Gasteiger partial charge >= 0.3 is 5.97 Å². The zero-order chi connectivity index (χ0) is 10.6. The third-order valence-electron chi connectivity index (χ3n) is 3.16. The first-order valence-corrected chi connectivity index (χ1v) is 5.11. The lowest BCUT2D eigenvalue weighted by molar-refractivity contribution is -0.150. The van der Waals surface area contributed by atoms with Crippen molar-refractivity contribution < 1.29 is 9.53 Å². The average Bonchev–Trinajstić information content (AvgIpc) is 2.57. The van der Waals surface area contributed by atoms with Crippen LogP contribution in [-0.4, -0.2) is 25.2 Å². The number of nitrogens with one attached hydrogen (secondary N) is 1. The molecule has 0 aromatic carbocycles. The molecule has 2 unspecified atom stereocenters. The molecule has 0 heterocycles. The minimum atomic E-state index is -0.469. The molecule has 2 atom stereocenters. The number of carbonyl (C=O) groups excluding carboxylic acids is 1. The van der Waals surface area contributed by atoms with Gasteiger partial charge in [0, 0.05) is 6.54 Å². The maximum absolute atomic E-state index is 11.7. The van der Waals surface area contributed by atoms with Gasteiger partial charge in [0.1, 0.15) is 5.54 Å². The highest BCUT2D eigenvalue weighted by Gasteiger charge is 2.47. The summed E-state index contributed by atoms with van der Waals surface area (Å²) in [6.07, 6.45) is 4.81. The number of ether oxygens (including phenoxy) is 1. The summed E-state index contributed by atoms with van der Waals surface area (Å²) in [6, 6.07) is 0. The maximum atomic E-state index is 11.7. The fourth-order valence-corrected chi connectivity index (χ4v) is 2.25. The molecule has 1 aliphatic carbocycles. The van der Waals surface area contributed by atoms with Crippen LogP contribution in [-0.2, 0) is 9.53 Å². The number of esters is 1. The summed E-state index contributed by atoms with van der Waals surface area (Å²) in [7, 11) is 1.45. The van der Waals surface area contributed by atoms with E-state index in [1.807, 2.05) is 0 Å². The zero-order valence-electron chi connectivity index (χ0n) is 9.01. The topological polar surface area (TPSA) is 38.3 Å². The van der Waals surface area contributed by atoms with Crippen LogP contribution in [0, 0.1) is 5.92 Å². The molecule has 0 saturated heterocycles. The van der Waals surface area contributed by atoms with Crippen molar-refractivity contribution in [2.75, 3.05) is 13.7 Å². The highest BCUT2D eigenvalue weighted by molar-refractivity contribution is 5.81.